The lowest BCUT2D eigenvalue weighted by molar-refractivity contribution is 0.626. The molecule has 0 radical (unpaired) electrons. The van der Waals surface area contributed by atoms with Crippen molar-refractivity contribution in [1.82, 2.24) is 14.5 Å². The minimum Gasteiger partial charge on any atom is -0.307 e. The molecule has 0 aliphatic heterocycles. The van der Waals surface area contributed by atoms with Crippen molar-refractivity contribution in [1.29, 1.82) is 0 Å². The number of benzene rings is 1. The molecule has 3 rings (SSSR count). The Bertz CT molecular complexity index is 817. The second-order valence-corrected chi connectivity index (χ2v) is 5.60. The fourth-order valence-electron chi connectivity index (χ4n) is 2.12. The summed E-state index contributed by atoms with van der Waals surface area (Å²) in [6.45, 7) is 0.452. The maximum Gasteiger partial charge on any atom is 0.160 e. The van der Waals surface area contributed by atoms with E-state index < -0.39 is 5.82 Å². The number of aromatic nitrogens is 3. The molecule has 7 heteroatoms. The van der Waals surface area contributed by atoms with Crippen LogP contribution < -0.4 is 0 Å². The van der Waals surface area contributed by atoms with E-state index in [-0.39, 0.29) is 10.9 Å². The third-order valence-electron chi connectivity index (χ3n) is 3.07. The standard InChI is InChI=1S/C14H9Cl3FN3/c15-5-13-20-12-4-9(16)6-19-14(12)21(13)7-8-1-2-11(18)10(17)3-8/h1-4,6H,5,7H2. The van der Waals surface area contributed by atoms with Gasteiger partial charge in [0.05, 0.1) is 22.5 Å². The highest BCUT2D eigenvalue weighted by Gasteiger charge is 2.12. The van der Waals surface area contributed by atoms with Gasteiger partial charge < -0.3 is 4.57 Å². The maximum atomic E-state index is 13.2. The van der Waals surface area contributed by atoms with E-state index in [0.29, 0.717) is 28.6 Å². The average Bonchev–Trinajstić information content (AvgIpc) is 2.80. The Kier molecular flexibility index (Phi) is 4.02. The minimum atomic E-state index is -0.446. The molecule has 0 spiro atoms. The fraction of sp³-hybridized carbons (Fsp3) is 0.143. The summed E-state index contributed by atoms with van der Waals surface area (Å²) >= 11 is 17.7. The lowest BCUT2D eigenvalue weighted by Crippen LogP contribution is -2.05. The van der Waals surface area contributed by atoms with Crippen molar-refractivity contribution in [3.63, 3.8) is 0 Å². The number of hydrogen-bond donors (Lipinski definition) is 0. The minimum absolute atomic E-state index is 0.0837. The molecule has 0 aliphatic rings. The van der Waals surface area contributed by atoms with Crippen LogP contribution in [-0.4, -0.2) is 14.5 Å². The number of rotatable bonds is 3. The largest absolute Gasteiger partial charge is 0.307 e. The first-order valence-corrected chi connectivity index (χ1v) is 7.38. The quantitative estimate of drug-likeness (QED) is 0.647. The third kappa shape index (κ3) is 2.84. The Labute approximate surface area is 135 Å². The van der Waals surface area contributed by atoms with Gasteiger partial charge in [-0.2, -0.15) is 0 Å². The van der Waals surface area contributed by atoms with Gasteiger partial charge in [0.15, 0.2) is 5.65 Å². The van der Waals surface area contributed by atoms with Crippen molar-refractivity contribution >= 4 is 46.0 Å². The third-order valence-corrected chi connectivity index (χ3v) is 3.81. The Morgan fingerprint density at radius 2 is 2.00 bits per heavy atom. The van der Waals surface area contributed by atoms with Gasteiger partial charge in [0, 0.05) is 6.20 Å². The number of imidazole rings is 1. The van der Waals surface area contributed by atoms with Crippen LogP contribution in [0.15, 0.2) is 30.5 Å². The van der Waals surface area contributed by atoms with Crippen LogP contribution in [0.25, 0.3) is 11.2 Å². The summed E-state index contributed by atoms with van der Waals surface area (Å²) in [5, 5.41) is 0.596. The van der Waals surface area contributed by atoms with E-state index in [1.165, 1.54) is 6.07 Å². The van der Waals surface area contributed by atoms with Gasteiger partial charge in [-0.25, -0.2) is 14.4 Å². The molecule has 0 aliphatic carbocycles. The second kappa shape index (κ2) is 5.79. The van der Waals surface area contributed by atoms with Crippen LogP contribution in [0.3, 0.4) is 0 Å². The molecule has 2 heterocycles. The molecule has 21 heavy (non-hydrogen) atoms. The lowest BCUT2D eigenvalue weighted by Gasteiger charge is -2.08. The zero-order valence-corrected chi connectivity index (χ0v) is 12.9. The highest BCUT2D eigenvalue weighted by atomic mass is 35.5. The molecule has 0 atom stereocenters. The van der Waals surface area contributed by atoms with Gasteiger partial charge in [0.1, 0.15) is 17.2 Å². The van der Waals surface area contributed by atoms with Gasteiger partial charge in [-0.1, -0.05) is 29.3 Å². The van der Waals surface area contributed by atoms with Crippen LogP contribution in [0.5, 0.6) is 0 Å². The first-order chi connectivity index (χ1) is 10.1. The number of halogens is 4. The lowest BCUT2D eigenvalue weighted by atomic mass is 10.2. The molecular weight excluding hydrogens is 336 g/mol. The molecule has 0 saturated heterocycles. The molecular formula is C14H9Cl3FN3. The average molecular weight is 345 g/mol. The van der Waals surface area contributed by atoms with E-state index in [1.807, 2.05) is 4.57 Å². The zero-order chi connectivity index (χ0) is 15.0. The van der Waals surface area contributed by atoms with Crippen molar-refractivity contribution in [2.75, 3.05) is 0 Å². The number of fused-ring (bicyclic) bond motifs is 1. The summed E-state index contributed by atoms with van der Waals surface area (Å²) in [5.74, 6) is 0.461. The molecule has 1 aromatic carbocycles. The van der Waals surface area contributed by atoms with Gasteiger partial charge in [-0.05, 0) is 23.8 Å². The topological polar surface area (TPSA) is 30.7 Å². The first kappa shape index (κ1) is 14.6. The van der Waals surface area contributed by atoms with Crippen LogP contribution >= 0.6 is 34.8 Å². The zero-order valence-electron chi connectivity index (χ0n) is 10.7. The summed E-state index contributed by atoms with van der Waals surface area (Å²) in [5.41, 5.74) is 2.19. The Morgan fingerprint density at radius 3 is 2.71 bits per heavy atom. The van der Waals surface area contributed by atoms with Gasteiger partial charge in [0.2, 0.25) is 0 Å². The Balaban J connectivity index is 2.08. The summed E-state index contributed by atoms with van der Waals surface area (Å²) in [6.07, 6.45) is 1.55. The second-order valence-electron chi connectivity index (χ2n) is 4.49. The monoisotopic (exact) mass is 343 g/mol. The van der Waals surface area contributed by atoms with Crippen molar-refractivity contribution in [3.05, 3.63) is 57.7 Å². The van der Waals surface area contributed by atoms with Gasteiger partial charge in [0.25, 0.3) is 0 Å². The molecule has 0 N–H and O–H groups in total. The maximum absolute atomic E-state index is 13.2. The highest BCUT2D eigenvalue weighted by molar-refractivity contribution is 6.31. The first-order valence-electron chi connectivity index (χ1n) is 6.09. The molecule has 0 saturated carbocycles. The molecule has 0 fully saturated rings. The van der Waals surface area contributed by atoms with Gasteiger partial charge in [-0.15, -0.1) is 11.6 Å². The van der Waals surface area contributed by atoms with Crippen molar-refractivity contribution < 1.29 is 4.39 Å². The molecule has 0 amide bonds. The molecule has 2 aromatic heterocycles. The van der Waals surface area contributed by atoms with Crippen molar-refractivity contribution in [2.24, 2.45) is 0 Å². The predicted molar refractivity (Wildman–Crippen MR) is 82.6 cm³/mol. The van der Waals surface area contributed by atoms with E-state index in [4.69, 9.17) is 34.8 Å². The summed E-state index contributed by atoms with van der Waals surface area (Å²) in [6, 6.07) is 6.31. The van der Waals surface area contributed by atoms with Crippen LogP contribution in [0.2, 0.25) is 10.0 Å². The highest BCUT2D eigenvalue weighted by Crippen LogP contribution is 2.22. The van der Waals surface area contributed by atoms with Crippen molar-refractivity contribution in [2.45, 2.75) is 12.4 Å². The van der Waals surface area contributed by atoms with Gasteiger partial charge in [-0.3, -0.25) is 0 Å². The number of nitrogens with zero attached hydrogens (tertiary/aromatic N) is 3. The van der Waals surface area contributed by atoms with E-state index in [9.17, 15) is 4.39 Å². The summed E-state index contributed by atoms with van der Waals surface area (Å²) in [4.78, 5) is 8.69. The predicted octanol–water partition coefficient (Wildman–Crippen LogP) is 4.66. The summed E-state index contributed by atoms with van der Waals surface area (Å²) in [7, 11) is 0. The summed E-state index contributed by atoms with van der Waals surface area (Å²) < 4.78 is 15.1. The van der Waals surface area contributed by atoms with E-state index in [0.717, 1.165) is 5.56 Å². The normalized spacial score (nSPS) is 11.2. The Hall–Kier alpha value is -1.36. The number of alkyl halides is 1. The van der Waals surface area contributed by atoms with E-state index in [2.05, 4.69) is 9.97 Å². The van der Waals surface area contributed by atoms with Crippen LogP contribution in [0.1, 0.15) is 11.4 Å². The molecule has 3 nitrogen and oxygen atoms in total. The molecule has 0 bridgehead atoms. The number of hydrogen-bond acceptors (Lipinski definition) is 2. The molecule has 108 valence electrons. The van der Waals surface area contributed by atoms with Gasteiger partial charge >= 0.3 is 0 Å². The molecule has 0 unspecified atom stereocenters. The van der Waals surface area contributed by atoms with Crippen molar-refractivity contribution in [3.8, 4) is 0 Å². The fourth-order valence-corrected chi connectivity index (χ4v) is 2.68. The number of pyridine rings is 1. The van der Waals surface area contributed by atoms with E-state index in [1.54, 1.807) is 24.4 Å². The van der Waals surface area contributed by atoms with E-state index >= 15 is 0 Å². The Morgan fingerprint density at radius 1 is 1.19 bits per heavy atom. The SMILES string of the molecule is Fc1ccc(Cn2c(CCl)nc3cc(Cl)cnc32)cc1Cl. The van der Waals surface area contributed by atoms with Crippen LogP contribution in [-0.2, 0) is 12.4 Å². The van der Waals surface area contributed by atoms with Crippen LogP contribution in [0.4, 0.5) is 4.39 Å². The van der Waals surface area contributed by atoms with Crippen LogP contribution in [0, 0.1) is 5.82 Å². The molecule has 3 aromatic rings. The smallest absolute Gasteiger partial charge is 0.160 e.